The van der Waals surface area contributed by atoms with E-state index in [1.807, 2.05) is 0 Å². The third kappa shape index (κ3) is 4.86. The van der Waals surface area contributed by atoms with Gasteiger partial charge in [-0.25, -0.2) is 0 Å². The first-order valence-electron chi connectivity index (χ1n) is 6.50. The standard InChI is InChI=1S/C14H22N2O/c1-2-5-14(6-3-1)7-4-12-17-13-16-10-8-15-9-11-16/h1-3,5-6,15H,4,7-13H2. The molecule has 1 aromatic rings. The van der Waals surface area contributed by atoms with Crippen LogP contribution in [0.1, 0.15) is 12.0 Å². The Balaban J connectivity index is 1.51. The summed E-state index contributed by atoms with van der Waals surface area (Å²) >= 11 is 0. The summed E-state index contributed by atoms with van der Waals surface area (Å²) in [5.74, 6) is 0. The summed E-state index contributed by atoms with van der Waals surface area (Å²) in [5, 5.41) is 3.34. The van der Waals surface area contributed by atoms with Crippen LogP contribution in [0.2, 0.25) is 0 Å². The highest BCUT2D eigenvalue weighted by Crippen LogP contribution is 2.02. The third-order valence-corrected chi connectivity index (χ3v) is 3.08. The normalized spacial score (nSPS) is 17.2. The van der Waals surface area contributed by atoms with Gasteiger partial charge in [-0.1, -0.05) is 30.3 Å². The summed E-state index contributed by atoms with van der Waals surface area (Å²) in [4.78, 5) is 2.36. The van der Waals surface area contributed by atoms with Gasteiger partial charge in [0.05, 0.1) is 6.73 Å². The summed E-state index contributed by atoms with van der Waals surface area (Å²) in [7, 11) is 0. The minimum absolute atomic E-state index is 0.788. The van der Waals surface area contributed by atoms with Crippen LogP contribution < -0.4 is 5.32 Å². The van der Waals surface area contributed by atoms with Crippen molar-refractivity contribution in [1.29, 1.82) is 0 Å². The summed E-state index contributed by atoms with van der Waals surface area (Å²) in [5.41, 5.74) is 1.40. The molecule has 3 heteroatoms. The Morgan fingerprint density at radius 2 is 1.88 bits per heavy atom. The topological polar surface area (TPSA) is 24.5 Å². The predicted octanol–water partition coefficient (Wildman–Crippen LogP) is 1.50. The summed E-state index contributed by atoms with van der Waals surface area (Å²) in [6.07, 6.45) is 2.22. The van der Waals surface area contributed by atoms with Gasteiger partial charge in [-0.3, -0.25) is 4.90 Å². The Hall–Kier alpha value is -0.900. The van der Waals surface area contributed by atoms with Crippen LogP contribution in [0, 0.1) is 0 Å². The molecule has 0 amide bonds. The number of nitrogens with one attached hydrogen (secondary N) is 1. The number of aryl methyl sites for hydroxylation is 1. The van der Waals surface area contributed by atoms with Crippen molar-refractivity contribution in [2.75, 3.05) is 39.5 Å². The lowest BCUT2D eigenvalue weighted by Crippen LogP contribution is -2.44. The van der Waals surface area contributed by atoms with Crippen molar-refractivity contribution < 1.29 is 4.74 Å². The van der Waals surface area contributed by atoms with Gasteiger partial charge in [0.25, 0.3) is 0 Å². The molecule has 0 aromatic heterocycles. The molecule has 94 valence electrons. The fourth-order valence-electron chi connectivity index (χ4n) is 2.06. The lowest BCUT2D eigenvalue weighted by Gasteiger charge is -2.26. The lowest BCUT2D eigenvalue weighted by atomic mass is 10.1. The van der Waals surface area contributed by atoms with E-state index in [-0.39, 0.29) is 0 Å². The average Bonchev–Trinajstić information content (AvgIpc) is 2.41. The van der Waals surface area contributed by atoms with Crippen molar-refractivity contribution in [3.63, 3.8) is 0 Å². The zero-order valence-corrected chi connectivity index (χ0v) is 10.4. The van der Waals surface area contributed by atoms with Gasteiger partial charge in [-0.05, 0) is 18.4 Å². The highest BCUT2D eigenvalue weighted by Gasteiger charge is 2.08. The molecule has 1 heterocycles. The molecule has 1 aromatic carbocycles. The molecule has 0 aliphatic carbocycles. The Morgan fingerprint density at radius 1 is 1.12 bits per heavy atom. The van der Waals surface area contributed by atoms with Crippen molar-refractivity contribution in [3.8, 4) is 0 Å². The molecule has 1 aliphatic rings. The first kappa shape index (κ1) is 12.6. The van der Waals surface area contributed by atoms with Gasteiger partial charge >= 0.3 is 0 Å². The molecule has 0 saturated carbocycles. The molecule has 1 fully saturated rings. The largest absolute Gasteiger partial charge is 0.366 e. The number of rotatable bonds is 6. The maximum atomic E-state index is 5.69. The number of piperazine rings is 1. The Morgan fingerprint density at radius 3 is 2.65 bits per heavy atom. The van der Waals surface area contributed by atoms with E-state index in [1.165, 1.54) is 5.56 Å². The van der Waals surface area contributed by atoms with Gasteiger partial charge in [0.1, 0.15) is 0 Å². The number of benzene rings is 1. The van der Waals surface area contributed by atoms with Crippen LogP contribution in [-0.4, -0.2) is 44.4 Å². The maximum absolute atomic E-state index is 5.69. The molecule has 0 radical (unpaired) electrons. The molecule has 3 nitrogen and oxygen atoms in total. The van der Waals surface area contributed by atoms with Gasteiger partial charge in [0.2, 0.25) is 0 Å². The van der Waals surface area contributed by atoms with Crippen molar-refractivity contribution in [1.82, 2.24) is 10.2 Å². The molecule has 1 aliphatic heterocycles. The van der Waals surface area contributed by atoms with E-state index in [0.717, 1.165) is 52.4 Å². The first-order valence-corrected chi connectivity index (χ1v) is 6.50. The van der Waals surface area contributed by atoms with Crippen LogP contribution in [0.25, 0.3) is 0 Å². The second kappa shape index (κ2) is 7.43. The second-order valence-corrected chi connectivity index (χ2v) is 4.49. The fraction of sp³-hybridized carbons (Fsp3) is 0.571. The summed E-state index contributed by atoms with van der Waals surface area (Å²) in [6, 6.07) is 10.6. The van der Waals surface area contributed by atoms with Crippen LogP contribution in [0.15, 0.2) is 30.3 Å². The zero-order valence-electron chi connectivity index (χ0n) is 10.4. The molecule has 0 atom stereocenters. The molecule has 1 saturated heterocycles. The maximum Gasteiger partial charge on any atom is 0.0991 e. The molecule has 2 rings (SSSR count). The van der Waals surface area contributed by atoms with E-state index in [2.05, 4.69) is 40.5 Å². The summed E-state index contributed by atoms with van der Waals surface area (Å²) in [6.45, 7) is 6.05. The fourth-order valence-corrected chi connectivity index (χ4v) is 2.06. The Bertz CT molecular complexity index is 296. The van der Waals surface area contributed by atoms with Crippen LogP contribution in [0.4, 0.5) is 0 Å². The Labute approximate surface area is 104 Å². The average molecular weight is 234 g/mol. The van der Waals surface area contributed by atoms with E-state index in [9.17, 15) is 0 Å². The minimum Gasteiger partial charge on any atom is -0.366 e. The molecule has 17 heavy (non-hydrogen) atoms. The van der Waals surface area contributed by atoms with Gasteiger partial charge in [-0.2, -0.15) is 0 Å². The minimum atomic E-state index is 0.788. The number of ether oxygens (including phenoxy) is 1. The monoisotopic (exact) mass is 234 g/mol. The van der Waals surface area contributed by atoms with E-state index in [4.69, 9.17) is 4.74 Å². The van der Waals surface area contributed by atoms with Crippen LogP contribution in [0.3, 0.4) is 0 Å². The van der Waals surface area contributed by atoms with Crippen LogP contribution in [0.5, 0.6) is 0 Å². The van der Waals surface area contributed by atoms with Crippen LogP contribution in [-0.2, 0) is 11.2 Å². The van der Waals surface area contributed by atoms with E-state index >= 15 is 0 Å². The first-order chi connectivity index (χ1) is 8.45. The van der Waals surface area contributed by atoms with E-state index in [0.29, 0.717) is 0 Å². The van der Waals surface area contributed by atoms with Crippen molar-refractivity contribution in [3.05, 3.63) is 35.9 Å². The lowest BCUT2D eigenvalue weighted by molar-refractivity contribution is 0.0217. The molecule has 0 spiro atoms. The number of hydrogen-bond donors (Lipinski definition) is 1. The van der Waals surface area contributed by atoms with Crippen molar-refractivity contribution in [2.24, 2.45) is 0 Å². The number of hydrogen-bond acceptors (Lipinski definition) is 3. The highest BCUT2D eigenvalue weighted by atomic mass is 16.5. The molecule has 1 N–H and O–H groups in total. The molecular weight excluding hydrogens is 212 g/mol. The second-order valence-electron chi connectivity index (χ2n) is 4.49. The smallest absolute Gasteiger partial charge is 0.0991 e. The SMILES string of the molecule is c1ccc(CCCOCN2CCNCC2)cc1. The molecule has 0 unspecified atom stereocenters. The predicted molar refractivity (Wildman–Crippen MR) is 70.0 cm³/mol. The van der Waals surface area contributed by atoms with E-state index < -0.39 is 0 Å². The summed E-state index contributed by atoms with van der Waals surface area (Å²) < 4.78 is 5.69. The van der Waals surface area contributed by atoms with Crippen molar-refractivity contribution >= 4 is 0 Å². The van der Waals surface area contributed by atoms with Gasteiger partial charge in [-0.15, -0.1) is 0 Å². The van der Waals surface area contributed by atoms with E-state index in [1.54, 1.807) is 0 Å². The zero-order chi connectivity index (χ0) is 11.8. The Kier molecular flexibility index (Phi) is 5.49. The quantitative estimate of drug-likeness (QED) is 0.755. The number of nitrogens with zero attached hydrogens (tertiary/aromatic N) is 1. The van der Waals surface area contributed by atoms with Gasteiger partial charge in [0.15, 0.2) is 0 Å². The van der Waals surface area contributed by atoms with Crippen LogP contribution >= 0.6 is 0 Å². The van der Waals surface area contributed by atoms with Gasteiger partial charge in [0, 0.05) is 32.8 Å². The molecular formula is C14H22N2O. The van der Waals surface area contributed by atoms with Gasteiger partial charge < -0.3 is 10.1 Å². The molecule has 0 bridgehead atoms. The third-order valence-electron chi connectivity index (χ3n) is 3.08. The highest BCUT2D eigenvalue weighted by molar-refractivity contribution is 5.14. The van der Waals surface area contributed by atoms with Crippen molar-refractivity contribution in [2.45, 2.75) is 12.8 Å².